The first-order valence-corrected chi connectivity index (χ1v) is 12.0. The first-order chi connectivity index (χ1) is 15.5. The van der Waals surface area contributed by atoms with Crippen LogP contribution < -0.4 is 5.32 Å². The van der Waals surface area contributed by atoms with Crippen molar-refractivity contribution in [2.45, 2.75) is 30.9 Å². The van der Waals surface area contributed by atoms with Crippen LogP contribution >= 0.6 is 35.0 Å². The van der Waals surface area contributed by atoms with Crippen molar-refractivity contribution in [1.82, 2.24) is 20.5 Å². The summed E-state index contributed by atoms with van der Waals surface area (Å²) in [5.41, 5.74) is 2.83. The highest BCUT2D eigenvalue weighted by Gasteiger charge is 2.17. The van der Waals surface area contributed by atoms with Crippen LogP contribution in [0.15, 0.2) is 58.3 Å². The van der Waals surface area contributed by atoms with Crippen molar-refractivity contribution in [3.8, 4) is 11.5 Å². The number of hydrogen-bond donors (Lipinski definition) is 2. The minimum absolute atomic E-state index is 0.104. The van der Waals surface area contributed by atoms with Gasteiger partial charge >= 0.3 is 0 Å². The van der Waals surface area contributed by atoms with Crippen molar-refractivity contribution < 1.29 is 9.21 Å². The molecule has 2 N–H and O–H groups in total. The highest BCUT2D eigenvalue weighted by atomic mass is 35.5. The molecule has 0 spiro atoms. The van der Waals surface area contributed by atoms with Gasteiger partial charge in [-0.15, -0.1) is 10.2 Å². The van der Waals surface area contributed by atoms with E-state index < -0.39 is 0 Å². The molecule has 4 aromatic rings. The van der Waals surface area contributed by atoms with Gasteiger partial charge in [0.1, 0.15) is 0 Å². The fourth-order valence-electron chi connectivity index (χ4n) is 3.59. The second kappa shape index (κ2) is 10.4. The predicted molar refractivity (Wildman–Crippen MR) is 129 cm³/mol. The molecule has 0 aliphatic heterocycles. The maximum atomic E-state index is 12.4. The first kappa shape index (κ1) is 22.7. The van der Waals surface area contributed by atoms with E-state index >= 15 is 0 Å². The molecule has 0 unspecified atom stereocenters. The molecule has 0 saturated heterocycles. The van der Waals surface area contributed by atoms with Gasteiger partial charge in [-0.1, -0.05) is 72.6 Å². The zero-order valence-electron chi connectivity index (χ0n) is 17.4. The number of nitrogens with zero attached hydrogens (tertiary/aromatic N) is 2. The highest BCUT2D eigenvalue weighted by molar-refractivity contribution is 7.99. The number of thioether (sulfide) groups is 1. The molecule has 0 radical (unpaired) electrons. The summed E-state index contributed by atoms with van der Waals surface area (Å²) in [5.74, 6) is 0.622. The number of carbonyl (C=O) groups excluding carboxylic acids is 1. The van der Waals surface area contributed by atoms with Gasteiger partial charge in [0.15, 0.2) is 0 Å². The molecule has 2 aromatic heterocycles. The Labute approximate surface area is 200 Å². The lowest BCUT2D eigenvalue weighted by Crippen LogP contribution is -2.30. The standard InChI is InChI=1S/C23H22Cl2N4O2S/c1-2-5-14(16-9-8-15(24)10-19(16)25)11-27-21(30)13-32-23-29-28-22(31-23)18-12-26-20-7-4-3-6-17(18)20/h3-4,6-10,12,14,26H,2,5,11,13H2,1H3,(H,27,30)/t14-/m1/s1. The Hall–Kier alpha value is -2.48. The third-order valence-corrected chi connectivity index (χ3v) is 6.52. The van der Waals surface area contributed by atoms with E-state index in [9.17, 15) is 4.79 Å². The molecule has 32 heavy (non-hydrogen) atoms. The van der Waals surface area contributed by atoms with E-state index in [4.69, 9.17) is 27.6 Å². The molecular weight excluding hydrogens is 467 g/mol. The number of aromatic amines is 1. The number of benzene rings is 2. The van der Waals surface area contributed by atoms with Gasteiger partial charge in [0, 0.05) is 39.6 Å². The maximum absolute atomic E-state index is 12.4. The minimum Gasteiger partial charge on any atom is -0.411 e. The molecule has 0 aliphatic rings. The summed E-state index contributed by atoms with van der Waals surface area (Å²) in [6.45, 7) is 2.61. The average molecular weight is 489 g/mol. The Morgan fingerprint density at radius 3 is 2.88 bits per heavy atom. The van der Waals surface area contributed by atoms with E-state index in [-0.39, 0.29) is 17.6 Å². The van der Waals surface area contributed by atoms with E-state index in [1.165, 1.54) is 11.8 Å². The highest BCUT2D eigenvalue weighted by Crippen LogP contribution is 2.31. The maximum Gasteiger partial charge on any atom is 0.277 e. The zero-order chi connectivity index (χ0) is 22.5. The lowest BCUT2D eigenvalue weighted by Gasteiger charge is -2.19. The van der Waals surface area contributed by atoms with Crippen molar-refractivity contribution in [2.75, 3.05) is 12.3 Å². The van der Waals surface area contributed by atoms with Gasteiger partial charge in [0.05, 0.1) is 11.3 Å². The number of hydrogen-bond acceptors (Lipinski definition) is 5. The molecule has 0 bridgehead atoms. The summed E-state index contributed by atoms with van der Waals surface area (Å²) < 4.78 is 5.76. The quantitative estimate of drug-likeness (QED) is 0.269. The van der Waals surface area contributed by atoms with E-state index in [2.05, 4.69) is 27.4 Å². The molecule has 0 fully saturated rings. The Bertz CT molecular complexity index is 1220. The summed E-state index contributed by atoms with van der Waals surface area (Å²) in [6, 6.07) is 13.4. The van der Waals surface area contributed by atoms with Gasteiger partial charge in [-0.2, -0.15) is 0 Å². The number of carbonyl (C=O) groups is 1. The van der Waals surface area contributed by atoms with Gasteiger partial charge in [0.2, 0.25) is 5.91 Å². The number of fused-ring (bicyclic) bond motifs is 1. The van der Waals surface area contributed by atoms with E-state index in [0.29, 0.717) is 27.7 Å². The molecule has 6 nitrogen and oxygen atoms in total. The second-order valence-corrected chi connectivity index (χ2v) is 9.14. The Morgan fingerprint density at radius 1 is 1.22 bits per heavy atom. The number of nitrogens with one attached hydrogen (secondary N) is 2. The molecule has 2 heterocycles. The Morgan fingerprint density at radius 2 is 2.06 bits per heavy atom. The van der Waals surface area contributed by atoms with Crippen molar-refractivity contribution in [3.05, 3.63) is 64.3 Å². The first-order valence-electron chi connectivity index (χ1n) is 10.3. The average Bonchev–Trinajstić information content (AvgIpc) is 3.42. The fraction of sp³-hybridized carbons (Fsp3) is 0.261. The van der Waals surface area contributed by atoms with Crippen molar-refractivity contribution in [1.29, 1.82) is 0 Å². The normalized spacial score (nSPS) is 12.2. The molecule has 1 amide bonds. The molecule has 0 aliphatic carbocycles. The number of halogens is 2. The lowest BCUT2D eigenvalue weighted by atomic mass is 9.94. The molecule has 166 valence electrons. The Balaban J connectivity index is 1.34. The molecule has 1 atom stereocenters. The molecule has 2 aromatic carbocycles. The third kappa shape index (κ3) is 5.28. The van der Waals surface area contributed by atoms with Crippen LogP contribution in [0.2, 0.25) is 10.0 Å². The van der Waals surface area contributed by atoms with Crippen LogP contribution in [0, 0.1) is 0 Å². The minimum atomic E-state index is -0.104. The van der Waals surface area contributed by atoms with E-state index in [1.807, 2.05) is 42.6 Å². The van der Waals surface area contributed by atoms with Crippen LogP contribution in [0.3, 0.4) is 0 Å². The SMILES string of the molecule is CCC[C@H](CNC(=O)CSc1nnc(-c2c[nH]c3ccccc23)o1)c1ccc(Cl)cc1Cl. The van der Waals surface area contributed by atoms with Gasteiger partial charge in [-0.25, -0.2) is 0 Å². The smallest absolute Gasteiger partial charge is 0.277 e. The lowest BCUT2D eigenvalue weighted by molar-refractivity contribution is -0.118. The zero-order valence-corrected chi connectivity index (χ0v) is 19.7. The molecule has 0 saturated carbocycles. The van der Waals surface area contributed by atoms with Crippen LogP contribution in [0.1, 0.15) is 31.2 Å². The summed E-state index contributed by atoms with van der Waals surface area (Å²) >= 11 is 13.6. The summed E-state index contributed by atoms with van der Waals surface area (Å²) in [4.78, 5) is 15.6. The van der Waals surface area contributed by atoms with E-state index in [0.717, 1.165) is 34.9 Å². The Kier molecular flexibility index (Phi) is 7.40. The summed E-state index contributed by atoms with van der Waals surface area (Å²) in [5, 5.41) is 13.8. The number of aromatic nitrogens is 3. The summed E-state index contributed by atoms with van der Waals surface area (Å²) in [6.07, 6.45) is 3.73. The van der Waals surface area contributed by atoms with Crippen molar-refractivity contribution in [3.63, 3.8) is 0 Å². The number of para-hydroxylation sites is 1. The van der Waals surface area contributed by atoms with Crippen LogP contribution in [-0.2, 0) is 4.79 Å². The van der Waals surface area contributed by atoms with Crippen LogP contribution in [0.5, 0.6) is 0 Å². The fourth-order valence-corrected chi connectivity index (χ4v) is 4.75. The van der Waals surface area contributed by atoms with Gasteiger partial charge in [-0.3, -0.25) is 4.79 Å². The van der Waals surface area contributed by atoms with Crippen molar-refractivity contribution in [2.24, 2.45) is 0 Å². The van der Waals surface area contributed by atoms with Gasteiger partial charge in [-0.05, 0) is 30.2 Å². The topological polar surface area (TPSA) is 83.8 Å². The third-order valence-electron chi connectivity index (χ3n) is 5.14. The van der Waals surface area contributed by atoms with Gasteiger partial charge < -0.3 is 14.7 Å². The van der Waals surface area contributed by atoms with E-state index in [1.54, 1.807) is 6.07 Å². The van der Waals surface area contributed by atoms with Crippen LogP contribution in [0.4, 0.5) is 0 Å². The second-order valence-electron chi connectivity index (χ2n) is 7.37. The number of H-pyrrole nitrogens is 1. The molecule has 9 heteroatoms. The van der Waals surface area contributed by atoms with Crippen molar-refractivity contribution >= 4 is 51.8 Å². The number of amides is 1. The predicted octanol–water partition coefficient (Wildman–Crippen LogP) is 6.32. The molecule has 4 rings (SSSR count). The largest absolute Gasteiger partial charge is 0.411 e. The van der Waals surface area contributed by atoms with Gasteiger partial charge in [0.25, 0.3) is 11.1 Å². The summed E-state index contributed by atoms with van der Waals surface area (Å²) in [7, 11) is 0. The number of rotatable bonds is 9. The molecular formula is C23H22Cl2N4O2S. The van der Waals surface area contributed by atoms with Crippen LogP contribution in [-0.4, -0.2) is 33.4 Å². The van der Waals surface area contributed by atoms with Crippen LogP contribution in [0.25, 0.3) is 22.4 Å². The monoisotopic (exact) mass is 488 g/mol.